The first-order chi connectivity index (χ1) is 9.87. The van der Waals surface area contributed by atoms with Gasteiger partial charge in [-0.2, -0.15) is 5.26 Å². The van der Waals surface area contributed by atoms with Gasteiger partial charge in [0.2, 0.25) is 5.91 Å². The topological polar surface area (TPSA) is 90.2 Å². The fourth-order valence-corrected chi connectivity index (χ4v) is 4.63. The van der Waals surface area contributed by atoms with Gasteiger partial charge in [0.15, 0.2) is 0 Å². The highest BCUT2D eigenvalue weighted by atomic mass is 32.1. The third-order valence-corrected chi connectivity index (χ3v) is 5.85. The Balaban J connectivity index is 1.81. The number of amides is 1. The molecule has 0 aromatic carbocycles. The smallest absolute Gasteiger partial charge is 0.307 e. The van der Waals surface area contributed by atoms with Gasteiger partial charge < -0.3 is 10.4 Å². The molecule has 3 rings (SSSR count). The molecule has 0 radical (unpaired) electrons. The van der Waals surface area contributed by atoms with E-state index in [9.17, 15) is 14.9 Å². The van der Waals surface area contributed by atoms with Crippen LogP contribution in [0.25, 0.3) is 0 Å². The van der Waals surface area contributed by atoms with E-state index >= 15 is 0 Å². The number of rotatable bonds is 3. The summed E-state index contributed by atoms with van der Waals surface area (Å²) in [7, 11) is 0. The Labute approximate surface area is 126 Å². The lowest BCUT2D eigenvalue weighted by Crippen LogP contribution is -2.17. The molecule has 2 aliphatic carbocycles. The normalized spacial score (nSPS) is 25.0. The molecule has 0 saturated heterocycles. The lowest BCUT2D eigenvalue weighted by atomic mass is 10.1. The number of carbonyl (C=O) groups is 2. The SMILES string of the molecule is CC1(C)[C@H](C(=O)O)[C@H]1C(=O)Nc1sc2c(c1C#N)CCC2. The second-order valence-corrected chi connectivity index (χ2v) is 7.38. The van der Waals surface area contributed by atoms with Gasteiger partial charge in [-0.25, -0.2) is 0 Å². The average molecular weight is 304 g/mol. The summed E-state index contributed by atoms with van der Waals surface area (Å²) < 4.78 is 0. The van der Waals surface area contributed by atoms with Crippen LogP contribution in [0, 0.1) is 28.6 Å². The summed E-state index contributed by atoms with van der Waals surface area (Å²) in [5, 5.41) is 21.8. The van der Waals surface area contributed by atoms with Crippen LogP contribution >= 0.6 is 11.3 Å². The van der Waals surface area contributed by atoms with Crippen molar-refractivity contribution in [3.05, 3.63) is 16.0 Å². The summed E-state index contributed by atoms with van der Waals surface area (Å²) in [6, 6.07) is 2.17. The molecule has 110 valence electrons. The van der Waals surface area contributed by atoms with Gasteiger partial charge in [0, 0.05) is 4.88 Å². The number of aliphatic carboxylic acids is 1. The van der Waals surface area contributed by atoms with Crippen LogP contribution in [0.15, 0.2) is 0 Å². The van der Waals surface area contributed by atoms with Crippen LogP contribution in [0.3, 0.4) is 0 Å². The van der Waals surface area contributed by atoms with E-state index in [-0.39, 0.29) is 5.91 Å². The molecule has 2 N–H and O–H groups in total. The zero-order chi connectivity index (χ0) is 15.4. The Kier molecular flexibility index (Phi) is 3.06. The Morgan fingerprint density at radius 1 is 1.38 bits per heavy atom. The van der Waals surface area contributed by atoms with Crippen molar-refractivity contribution in [2.75, 3.05) is 5.32 Å². The van der Waals surface area contributed by atoms with Gasteiger partial charge in [-0.3, -0.25) is 9.59 Å². The number of fused-ring (bicyclic) bond motifs is 1. The van der Waals surface area contributed by atoms with Gasteiger partial charge in [-0.15, -0.1) is 11.3 Å². The molecule has 2 atom stereocenters. The molecule has 0 aliphatic heterocycles. The molecule has 0 spiro atoms. The second-order valence-electron chi connectivity index (χ2n) is 6.28. The number of nitrogens with one attached hydrogen (secondary N) is 1. The molecular formula is C15H16N2O3S. The van der Waals surface area contributed by atoms with Crippen molar-refractivity contribution in [2.45, 2.75) is 33.1 Å². The minimum atomic E-state index is -0.936. The summed E-state index contributed by atoms with van der Waals surface area (Å²) >= 11 is 1.45. The summed E-state index contributed by atoms with van der Waals surface area (Å²) in [5.41, 5.74) is 1.09. The zero-order valence-corrected chi connectivity index (χ0v) is 12.7. The van der Waals surface area contributed by atoms with E-state index in [1.807, 2.05) is 0 Å². The summed E-state index contributed by atoms with van der Waals surface area (Å²) in [6.45, 7) is 3.57. The largest absolute Gasteiger partial charge is 0.481 e. The molecule has 6 heteroatoms. The van der Waals surface area contributed by atoms with Crippen LogP contribution in [-0.2, 0) is 22.4 Å². The number of thiophene rings is 1. The zero-order valence-electron chi connectivity index (χ0n) is 11.9. The Hall–Kier alpha value is -1.87. The van der Waals surface area contributed by atoms with Gasteiger partial charge in [-0.1, -0.05) is 13.8 Å². The van der Waals surface area contributed by atoms with E-state index in [0.29, 0.717) is 10.6 Å². The van der Waals surface area contributed by atoms with Crippen molar-refractivity contribution in [3.8, 4) is 6.07 Å². The highest BCUT2D eigenvalue weighted by Crippen LogP contribution is 2.58. The maximum Gasteiger partial charge on any atom is 0.307 e. The maximum atomic E-state index is 12.3. The minimum Gasteiger partial charge on any atom is -0.481 e. The number of anilines is 1. The number of nitriles is 1. The molecular weight excluding hydrogens is 288 g/mol. The molecule has 5 nitrogen and oxygen atoms in total. The van der Waals surface area contributed by atoms with Crippen LogP contribution in [0.5, 0.6) is 0 Å². The number of aryl methyl sites for hydroxylation is 1. The number of hydrogen-bond acceptors (Lipinski definition) is 4. The second kappa shape index (κ2) is 4.57. The number of carboxylic acids is 1. The van der Waals surface area contributed by atoms with E-state index in [0.717, 1.165) is 24.8 Å². The molecule has 1 heterocycles. The van der Waals surface area contributed by atoms with Crippen molar-refractivity contribution in [2.24, 2.45) is 17.3 Å². The number of carboxylic acid groups (broad SMARTS) is 1. The fourth-order valence-electron chi connectivity index (χ4n) is 3.39. The summed E-state index contributed by atoms with van der Waals surface area (Å²) in [5.74, 6) is -2.40. The van der Waals surface area contributed by atoms with Crippen molar-refractivity contribution in [1.82, 2.24) is 0 Å². The highest BCUT2D eigenvalue weighted by Gasteiger charge is 2.66. The van der Waals surface area contributed by atoms with Gasteiger partial charge in [0.05, 0.1) is 17.4 Å². The van der Waals surface area contributed by atoms with Crippen LogP contribution in [0.1, 0.15) is 36.3 Å². The predicted octanol–water partition coefficient (Wildman–Crippen LogP) is 2.40. The van der Waals surface area contributed by atoms with Crippen LogP contribution in [0.2, 0.25) is 0 Å². The first-order valence-corrected chi connectivity index (χ1v) is 7.78. The molecule has 1 aromatic heterocycles. The summed E-state index contributed by atoms with van der Waals surface area (Å²) in [4.78, 5) is 24.6. The first kappa shape index (κ1) is 14.1. The predicted molar refractivity (Wildman–Crippen MR) is 78.1 cm³/mol. The van der Waals surface area contributed by atoms with Gasteiger partial charge in [-0.05, 0) is 30.2 Å². The molecule has 1 fully saturated rings. The lowest BCUT2D eigenvalue weighted by molar-refractivity contribution is -0.140. The Morgan fingerprint density at radius 2 is 2.10 bits per heavy atom. The lowest BCUT2D eigenvalue weighted by Gasteiger charge is -2.05. The molecule has 0 unspecified atom stereocenters. The van der Waals surface area contributed by atoms with E-state index in [1.165, 1.54) is 16.2 Å². The molecule has 21 heavy (non-hydrogen) atoms. The highest BCUT2D eigenvalue weighted by molar-refractivity contribution is 7.16. The number of nitrogens with zero attached hydrogens (tertiary/aromatic N) is 1. The van der Waals surface area contributed by atoms with Crippen LogP contribution in [-0.4, -0.2) is 17.0 Å². The molecule has 2 aliphatic rings. The average Bonchev–Trinajstić information content (AvgIpc) is 2.72. The summed E-state index contributed by atoms with van der Waals surface area (Å²) in [6.07, 6.45) is 2.90. The third kappa shape index (κ3) is 2.04. The van der Waals surface area contributed by atoms with Crippen molar-refractivity contribution in [1.29, 1.82) is 5.26 Å². The monoisotopic (exact) mass is 304 g/mol. The van der Waals surface area contributed by atoms with Gasteiger partial charge in [0.25, 0.3) is 0 Å². The molecule has 1 saturated carbocycles. The quantitative estimate of drug-likeness (QED) is 0.897. The number of hydrogen-bond donors (Lipinski definition) is 2. The van der Waals surface area contributed by atoms with Crippen LogP contribution in [0.4, 0.5) is 5.00 Å². The van der Waals surface area contributed by atoms with E-state index in [4.69, 9.17) is 5.11 Å². The van der Waals surface area contributed by atoms with Gasteiger partial charge in [0.1, 0.15) is 11.1 Å². The van der Waals surface area contributed by atoms with E-state index < -0.39 is 23.2 Å². The Bertz CT molecular complexity index is 684. The van der Waals surface area contributed by atoms with Gasteiger partial charge >= 0.3 is 5.97 Å². The van der Waals surface area contributed by atoms with Crippen LogP contribution < -0.4 is 5.32 Å². The van der Waals surface area contributed by atoms with Crippen molar-refractivity contribution in [3.63, 3.8) is 0 Å². The fraction of sp³-hybridized carbons (Fsp3) is 0.533. The number of carbonyl (C=O) groups excluding carboxylic acids is 1. The first-order valence-electron chi connectivity index (χ1n) is 6.96. The standard InChI is InChI=1S/C15H16N2O3S/c1-15(2)10(11(15)14(19)20)12(18)17-13-8(6-16)7-4-3-5-9(7)21-13/h10-11H,3-5H2,1-2H3,(H,17,18)(H,19,20)/t10-,11-/m0/s1. The van der Waals surface area contributed by atoms with Crippen molar-refractivity contribution < 1.29 is 14.7 Å². The third-order valence-electron chi connectivity index (χ3n) is 4.65. The maximum absolute atomic E-state index is 12.3. The van der Waals surface area contributed by atoms with Crippen molar-refractivity contribution >= 4 is 28.2 Å². The molecule has 1 amide bonds. The van der Waals surface area contributed by atoms with E-state index in [2.05, 4.69) is 11.4 Å². The molecule has 0 bridgehead atoms. The minimum absolute atomic E-state index is 0.288. The Morgan fingerprint density at radius 3 is 2.67 bits per heavy atom. The van der Waals surface area contributed by atoms with E-state index in [1.54, 1.807) is 13.8 Å². The molecule has 1 aromatic rings.